The molecule has 2 amide bonds. The van der Waals surface area contributed by atoms with Crippen LogP contribution in [0.15, 0.2) is 18.2 Å². The quantitative estimate of drug-likeness (QED) is 0.735. The molecule has 0 atom stereocenters. The van der Waals surface area contributed by atoms with Gasteiger partial charge in [-0.2, -0.15) is 13.2 Å². The number of benzene rings is 1. The summed E-state index contributed by atoms with van der Waals surface area (Å²) in [7, 11) is -1.98. The van der Waals surface area contributed by atoms with E-state index in [1.54, 1.807) is 6.92 Å². The Kier molecular flexibility index (Phi) is 7.16. The second kappa shape index (κ2) is 8.99. The summed E-state index contributed by atoms with van der Waals surface area (Å²) in [6.45, 7) is 1.88. The van der Waals surface area contributed by atoms with Crippen molar-refractivity contribution in [2.45, 2.75) is 38.5 Å². The lowest BCUT2D eigenvalue weighted by Gasteiger charge is -2.31. The molecule has 1 heterocycles. The predicted octanol–water partition coefficient (Wildman–Crippen LogP) is 2.33. The van der Waals surface area contributed by atoms with Crippen molar-refractivity contribution in [1.82, 2.24) is 14.9 Å². The molecule has 11 heteroatoms. The average Bonchev–Trinajstić information content (AvgIpc) is 2.66. The Morgan fingerprint density at radius 2 is 1.93 bits per heavy atom. The first-order valence-electron chi connectivity index (χ1n) is 8.83. The maximum atomic E-state index is 13.2. The number of nitrogens with one attached hydrogen (secondary N) is 2. The van der Waals surface area contributed by atoms with Crippen molar-refractivity contribution in [2.24, 2.45) is 0 Å². The van der Waals surface area contributed by atoms with Crippen LogP contribution in [0.3, 0.4) is 0 Å². The maximum absolute atomic E-state index is 13.2. The molecular formula is C17H24F3N3O4S. The first-order chi connectivity index (χ1) is 13.1. The number of methoxy groups -OCH3 is 1. The van der Waals surface area contributed by atoms with E-state index in [0.717, 1.165) is 6.07 Å². The number of halogens is 3. The lowest BCUT2D eigenvalue weighted by atomic mass is 10.1. The molecule has 0 spiro atoms. The number of amides is 2. The Morgan fingerprint density at radius 3 is 2.46 bits per heavy atom. The first-order valence-corrected chi connectivity index (χ1v) is 10.4. The van der Waals surface area contributed by atoms with E-state index in [9.17, 15) is 26.4 Å². The minimum absolute atomic E-state index is 0.0228. The van der Waals surface area contributed by atoms with Crippen LogP contribution in [0, 0.1) is 0 Å². The van der Waals surface area contributed by atoms with E-state index in [-0.39, 0.29) is 29.7 Å². The number of rotatable bonds is 6. The van der Waals surface area contributed by atoms with Gasteiger partial charge in [-0.05, 0) is 37.5 Å². The Morgan fingerprint density at radius 1 is 1.29 bits per heavy atom. The Balaban J connectivity index is 1.90. The van der Waals surface area contributed by atoms with E-state index >= 15 is 0 Å². The number of piperidine rings is 1. The molecule has 1 fully saturated rings. The van der Waals surface area contributed by atoms with Crippen molar-refractivity contribution < 1.29 is 31.1 Å². The highest BCUT2D eigenvalue weighted by Crippen LogP contribution is 2.34. The lowest BCUT2D eigenvalue weighted by molar-refractivity contribution is -0.138. The summed E-state index contributed by atoms with van der Waals surface area (Å²) >= 11 is 0. The van der Waals surface area contributed by atoms with Crippen LogP contribution in [0.5, 0.6) is 5.75 Å². The second-order valence-electron chi connectivity index (χ2n) is 6.42. The van der Waals surface area contributed by atoms with Crippen LogP contribution in [0.4, 0.5) is 18.0 Å². The van der Waals surface area contributed by atoms with Gasteiger partial charge in [-0.25, -0.2) is 17.5 Å². The van der Waals surface area contributed by atoms with Crippen LogP contribution >= 0.6 is 0 Å². The summed E-state index contributed by atoms with van der Waals surface area (Å²) in [4.78, 5) is 12.0. The topological polar surface area (TPSA) is 87.7 Å². The monoisotopic (exact) mass is 423 g/mol. The van der Waals surface area contributed by atoms with Gasteiger partial charge in [0.05, 0.1) is 18.4 Å². The van der Waals surface area contributed by atoms with E-state index in [2.05, 4.69) is 10.6 Å². The van der Waals surface area contributed by atoms with Gasteiger partial charge in [-0.1, -0.05) is 6.07 Å². The highest BCUT2D eigenvalue weighted by atomic mass is 32.2. The highest BCUT2D eigenvalue weighted by Gasteiger charge is 2.34. The molecule has 158 valence electrons. The molecule has 1 aromatic carbocycles. The van der Waals surface area contributed by atoms with Crippen LogP contribution in [0.25, 0.3) is 0 Å². The van der Waals surface area contributed by atoms with Gasteiger partial charge in [0.1, 0.15) is 5.75 Å². The van der Waals surface area contributed by atoms with Crippen molar-refractivity contribution >= 4 is 16.1 Å². The second-order valence-corrected chi connectivity index (χ2v) is 8.68. The molecule has 0 radical (unpaired) electrons. The van der Waals surface area contributed by atoms with Crippen molar-refractivity contribution in [3.8, 4) is 5.75 Å². The fourth-order valence-electron chi connectivity index (χ4n) is 2.97. The van der Waals surface area contributed by atoms with E-state index in [4.69, 9.17) is 4.74 Å². The zero-order valence-corrected chi connectivity index (χ0v) is 16.5. The van der Waals surface area contributed by atoms with Crippen LogP contribution in [-0.2, 0) is 22.7 Å². The van der Waals surface area contributed by atoms with Crippen molar-refractivity contribution in [3.05, 3.63) is 29.3 Å². The van der Waals surface area contributed by atoms with Crippen LogP contribution in [0.2, 0.25) is 0 Å². The summed E-state index contributed by atoms with van der Waals surface area (Å²) in [5, 5.41) is 5.11. The molecule has 0 unspecified atom stereocenters. The zero-order valence-electron chi connectivity index (χ0n) is 15.7. The fourth-order valence-corrected chi connectivity index (χ4v) is 4.11. The van der Waals surface area contributed by atoms with E-state index in [0.29, 0.717) is 25.9 Å². The van der Waals surface area contributed by atoms with Crippen LogP contribution in [0.1, 0.15) is 30.9 Å². The zero-order chi connectivity index (χ0) is 20.9. The molecule has 0 bridgehead atoms. The smallest absolute Gasteiger partial charge is 0.416 e. The third-order valence-corrected chi connectivity index (χ3v) is 6.49. The average molecular weight is 423 g/mol. The number of carbonyl (C=O) groups excluding carboxylic acids is 1. The Bertz CT molecular complexity index is 791. The van der Waals surface area contributed by atoms with Crippen LogP contribution < -0.4 is 15.4 Å². The minimum Gasteiger partial charge on any atom is -0.497 e. The summed E-state index contributed by atoms with van der Waals surface area (Å²) < 4.78 is 69.4. The van der Waals surface area contributed by atoms with E-state index < -0.39 is 27.8 Å². The standard InChI is InChI=1S/C17H24F3N3O4S/c1-3-28(25,26)23-8-6-13(7-9-23)22-16(24)21-11-12-4-5-14(27-2)10-15(12)17(18,19)20/h4-5,10,13H,3,6-9,11H2,1-2H3,(H2,21,22,24). The van der Waals surface area contributed by atoms with Gasteiger partial charge < -0.3 is 15.4 Å². The number of hydrogen-bond donors (Lipinski definition) is 2. The van der Waals surface area contributed by atoms with Crippen LogP contribution in [-0.4, -0.2) is 50.7 Å². The third-order valence-electron chi connectivity index (χ3n) is 4.61. The third kappa shape index (κ3) is 5.74. The number of carbonyl (C=O) groups is 1. The Labute approximate surface area is 162 Å². The SMILES string of the molecule is CCS(=O)(=O)N1CCC(NC(=O)NCc2ccc(OC)cc2C(F)(F)F)CC1. The van der Waals surface area contributed by atoms with E-state index in [1.807, 2.05) is 0 Å². The number of alkyl halides is 3. The summed E-state index contributed by atoms with van der Waals surface area (Å²) in [5.74, 6) is 0.101. The van der Waals surface area contributed by atoms with Gasteiger partial charge in [-0.15, -0.1) is 0 Å². The summed E-state index contributed by atoms with van der Waals surface area (Å²) in [6, 6.07) is 2.71. The molecule has 28 heavy (non-hydrogen) atoms. The molecule has 2 rings (SSSR count). The molecule has 2 N–H and O–H groups in total. The van der Waals surface area contributed by atoms with Crippen molar-refractivity contribution in [2.75, 3.05) is 26.0 Å². The lowest BCUT2D eigenvalue weighted by Crippen LogP contribution is -2.49. The van der Waals surface area contributed by atoms with Gasteiger partial charge in [0.2, 0.25) is 10.0 Å². The highest BCUT2D eigenvalue weighted by molar-refractivity contribution is 7.89. The van der Waals surface area contributed by atoms with E-state index in [1.165, 1.54) is 23.5 Å². The predicted molar refractivity (Wildman–Crippen MR) is 97.4 cm³/mol. The number of nitrogens with zero attached hydrogens (tertiary/aromatic N) is 1. The molecule has 1 aromatic rings. The van der Waals surface area contributed by atoms with Crippen molar-refractivity contribution in [3.63, 3.8) is 0 Å². The molecule has 0 aliphatic carbocycles. The van der Waals surface area contributed by atoms with Gasteiger partial charge in [0.15, 0.2) is 0 Å². The van der Waals surface area contributed by atoms with Gasteiger partial charge in [0.25, 0.3) is 0 Å². The molecule has 0 saturated carbocycles. The largest absolute Gasteiger partial charge is 0.497 e. The number of urea groups is 1. The first kappa shape index (κ1) is 22.3. The number of sulfonamides is 1. The molecule has 1 saturated heterocycles. The maximum Gasteiger partial charge on any atom is 0.416 e. The summed E-state index contributed by atoms with van der Waals surface area (Å²) in [6.07, 6.45) is -3.67. The van der Waals surface area contributed by atoms with Crippen molar-refractivity contribution in [1.29, 1.82) is 0 Å². The molecule has 1 aliphatic heterocycles. The van der Waals surface area contributed by atoms with Gasteiger partial charge >= 0.3 is 12.2 Å². The molecule has 0 aromatic heterocycles. The van der Waals surface area contributed by atoms with Gasteiger partial charge in [0, 0.05) is 25.7 Å². The molecule has 7 nitrogen and oxygen atoms in total. The van der Waals surface area contributed by atoms with Gasteiger partial charge in [-0.3, -0.25) is 0 Å². The normalized spacial score (nSPS) is 16.6. The number of hydrogen-bond acceptors (Lipinski definition) is 4. The molecule has 1 aliphatic rings. The Hall–Kier alpha value is -2.01. The molecular weight excluding hydrogens is 399 g/mol. The fraction of sp³-hybridized carbons (Fsp3) is 0.588. The number of ether oxygens (including phenoxy) is 1. The minimum atomic E-state index is -4.57. The summed E-state index contributed by atoms with van der Waals surface area (Å²) in [5.41, 5.74) is -0.947.